The van der Waals surface area contributed by atoms with Gasteiger partial charge in [0.1, 0.15) is 6.42 Å². The highest BCUT2D eigenvalue weighted by atomic mass is 35.5. The highest BCUT2D eigenvalue weighted by Gasteiger charge is 2.20. The summed E-state index contributed by atoms with van der Waals surface area (Å²) >= 11 is 11.4. The molecule has 0 aliphatic carbocycles. The molecule has 0 heterocycles. The average molecular weight is 385 g/mol. The first kappa shape index (κ1) is 19.2. The predicted octanol–water partition coefficient (Wildman–Crippen LogP) is 3.15. The minimum absolute atomic E-state index is 0.298. The van der Waals surface area contributed by atoms with Gasteiger partial charge in [0.25, 0.3) is 0 Å². The molecule has 2 rings (SSSR count). The third-order valence-electron chi connectivity index (χ3n) is 3.09. The minimum Gasteiger partial charge on any atom is -0.431 e. The van der Waals surface area contributed by atoms with Crippen LogP contribution in [0.2, 0.25) is 10.0 Å². The minimum atomic E-state index is -1.54. The molecule has 0 aliphatic heterocycles. The number of carbonyl (C=O) groups is 2. The molecule has 0 spiro atoms. The highest BCUT2D eigenvalue weighted by molar-refractivity contribution is 6.30. The van der Waals surface area contributed by atoms with Crippen molar-refractivity contribution in [2.75, 3.05) is 0 Å². The number of halogens is 2. The van der Waals surface area contributed by atoms with E-state index >= 15 is 0 Å². The number of aliphatic hydroxyl groups excluding tert-OH is 2. The summed E-state index contributed by atoms with van der Waals surface area (Å²) < 4.78 is 9.45. The molecule has 132 valence electrons. The van der Waals surface area contributed by atoms with E-state index in [0.717, 1.165) is 0 Å². The second-order valence-corrected chi connectivity index (χ2v) is 5.84. The number of carbonyl (C=O) groups excluding carboxylic acids is 2. The summed E-state index contributed by atoms with van der Waals surface area (Å²) in [4.78, 5) is 23.3. The lowest BCUT2D eigenvalue weighted by Gasteiger charge is -2.14. The summed E-state index contributed by atoms with van der Waals surface area (Å²) in [6.07, 6.45) is -3.85. The van der Waals surface area contributed by atoms with E-state index in [-0.39, 0.29) is 0 Å². The fourth-order valence-corrected chi connectivity index (χ4v) is 2.09. The zero-order valence-corrected chi connectivity index (χ0v) is 14.3. The SMILES string of the molecule is O=C(CC(=O)OC(O)c1ccc(Cl)cc1)OC(O)c1ccc(Cl)cc1. The number of ether oxygens (including phenoxy) is 2. The Morgan fingerprint density at radius 2 is 1.08 bits per heavy atom. The van der Waals surface area contributed by atoms with Gasteiger partial charge in [-0.2, -0.15) is 0 Å². The van der Waals surface area contributed by atoms with Crippen LogP contribution in [0.1, 0.15) is 30.1 Å². The summed E-state index contributed by atoms with van der Waals surface area (Å²) in [5.74, 6) is -2.01. The lowest BCUT2D eigenvalue weighted by atomic mass is 10.2. The Bertz CT molecular complexity index is 666. The number of esters is 2. The molecule has 0 radical (unpaired) electrons. The maximum atomic E-state index is 11.7. The van der Waals surface area contributed by atoms with E-state index in [1.807, 2.05) is 0 Å². The van der Waals surface area contributed by atoms with Crippen molar-refractivity contribution in [2.24, 2.45) is 0 Å². The zero-order chi connectivity index (χ0) is 18.4. The van der Waals surface area contributed by atoms with Crippen LogP contribution in [0.15, 0.2) is 48.5 Å². The Hall–Kier alpha value is -2.12. The number of rotatable bonds is 6. The van der Waals surface area contributed by atoms with Crippen LogP contribution in [0, 0.1) is 0 Å². The molecule has 0 saturated carbocycles. The topological polar surface area (TPSA) is 93.1 Å². The molecule has 25 heavy (non-hydrogen) atoms. The van der Waals surface area contributed by atoms with Crippen LogP contribution >= 0.6 is 23.2 Å². The normalized spacial score (nSPS) is 13.0. The van der Waals surface area contributed by atoms with Crippen molar-refractivity contribution in [3.8, 4) is 0 Å². The molecule has 0 saturated heterocycles. The molecule has 0 bridgehead atoms. The molecule has 2 N–H and O–H groups in total. The number of hydrogen-bond donors (Lipinski definition) is 2. The van der Waals surface area contributed by atoms with Crippen LogP contribution in [-0.4, -0.2) is 22.2 Å². The Balaban J connectivity index is 1.84. The Labute approximate surface area is 153 Å². The van der Waals surface area contributed by atoms with Crippen LogP contribution in [0.25, 0.3) is 0 Å². The fraction of sp³-hybridized carbons (Fsp3) is 0.176. The molecule has 2 unspecified atom stereocenters. The number of benzene rings is 2. The number of hydrogen-bond acceptors (Lipinski definition) is 6. The van der Waals surface area contributed by atoms with E-state index in [1.165, 1.54) is 48.5 Å². The monoisotopic (exact) mass is 384 g/mol. The first-order valence-electron chi connectivity index (χ1n) is 7.11. The summed E-state index contributed by atoms with van der Waals surface area (Å²) in [6.45, 7) is 0. The maximum absolute atomic E-state index is 11.7. The van der Waals surface area contributed by atoms with E-state index in [0.29, 0.717) is 21.2 Å². The second kappa shape index (κ2) is 8.82. The molecule has 0 amide bonds. The Morgan fingerprint density at radius 3 is 1.40 bits per heavy atom. The van der Waals surface area contributed by atoms with Crippen LogP contribution in [-0.2, 0) is 19.1 Å². The quantitative estimate of drug-likeness (QED) is 0.451. The van der Waals surface area contributed by atoms with Gasteiger partial charge < -0.3 is 19.7 Å². The summed E-state index contributed by atoms with van der Waals surface area (Å²) in [7, 11) is 0. The molecule has 0 aromatic heterocycles. The summed E-state index contributed by atoms with van der Waals surface area (Å²) in [5, 5.41) is 20.5. The average Bonchev–Trinajstić information content (AvgIpc) is 2.55. The molecule has 8 heteroatoms. The lowest BCUT2D eigenvalue weighted by molar-refractivity contribution is -0.180. The van der Waals surface area contributed by atoms with Crippen LogP contribution in [0.4, 0.5) is 0 Å². The van der Waals surface area contributed by atoms with Gasteiger partial charge in [0, 0.05) is 21.2 Å². The molecule has 0 aliphatic rings. The van der Waals surface area contributed by atoms with E-state index in [9.17, 15) is 19.8 Å². The molecule has 2 aromatic carbocycles. The van der Waals surface area contributed by atoms with Gasteiger partial charge in [-0.3, -0.25) is 9.59 Å². The van der Waals surface area contributed by atoms with Crippen LogP contribution in [0.5, 0.6) is 0 Å². The molecular weight excluding hydrogens is 371 g/mol. The fourth-order valence-electron chi connectivity index (χ4n) is 1.84. The second-order valence-electron chi connectivity index (χ2n) is 4.96. The standard InChI is InChI=1S/C17H14Cl2O6/c18-12-5-1-10(2-6-12)16(22)24-14(20)9-15(21)25-17(23)11-3-7-13(19)8-4-11/h1-8,16-17,22-23H,9H2. The van der Waals surface area contributed by atoms with Crippen molar-refractivity contribution in [1.82, 2.24) is 0 Å². The van der Waals surface area contributed by atoms with Gasteiger partial charge in [-0.05, 0) is 24.3 Å². The van der Waals surface area contributed by atoms with Crippen molar-refractivity contribution >= 4 is 35.1 Å². The van der Waals surface area contributed by atoms with Crippen molar-refractivity contribution in [2.45, 2.75) is 19.0 Å². The van der Waals surface area contributed by atoms with Crippen LogP contribution < -0.4 is 0 Å². The van der Waals surface area contributed by atoms with Gasteiger partial charge in [0.05, 0.1) is 0 Å². The van der Waals surface area contributed by atoms with Crippen molar-refractivity contribution in [1.29, 1.82) is 0 Å². The van der Waals surface area contributed by atoms with Crippen molar-refractivity contribution in [3.05, 3.63) is 69.7 Å². The zero-order valence-electron chi connectivity index (χ0n) is 12.8. The molecule has 2 atom stereocenters. The van der Waals surface area contributed by atoms with Crippen molar-refractivity contribution < 1.29 is 29.3 Å². The molecule has 2 aromatic rings. The van der Waals surface area contributed by atoms with E-state index < -0.39 is 30.9 Å². The Morgan fingerprint density at radius 1 is 0.760 bits per heavy atom. The predicted molar refractivity (Wildman–Crippen MR) is 89.6 cm³/mol. The largest absolute Gasteiger partial charge is 0.431 e. The van der Waals surface area contributed by atoms with Gasteiger partial charge in [-0.1, -0.05) is 47.5 Å². The Kier molecular flexibility index (Phi) is 6.78. The van der Waals surface area contributed by atoms with Crippen molar-refractivity contribution in [3.63, 3.8) is 0 Å². The van der Waals surface area contributed by atoms with Crippen LogP contribution in [0.3, 0.4) is 0 Å². The smallest absolute Gasteiger partial charge is 0.319 e. The third-order valence-corrected chi connectivity index (χ3v) is 3.59. The van der Waals surface area contributed by atoms with Gasteiger partial charge in [-0.15, -0.1) is 0 Å². The third kappa shape index (κ3) is 6.03. The summed E-state index contributed by atoms with van der Waals surface area (Å²) in [6, 6.07) is 12.0. The first-order chi connectivity index (χ1) is 11.8. The lowest BCUT2D eigenvalue weighted by Crippen LogP contribution is -2.18. The van der Waals surface area contributed by atoms with Gasteiger partial charge >= 0.3 is 11.9 Å². The molecule has 6 nitrogen and oxygen atoms in total. The number of aliphatic hydroxyl groups is 2. The van der Waals surface area contributed by atoms with Gasteiger partial charge in [0.15, 0.2) is 0 Å². The van der Waals surface area contributed by atoms with Gasteiger partial charge in [-0.25, -0.2) is 0 Å². The van der Waals surface area contributed by atoms with Gasteiger partial charge in [0.2, 0.25) is 12.6 Å². The van der Waals surface area contributed by atoms with E-state index in [1.54, 1.807) is 0 Å². The maximum Gasteiger partial charge on any atom is 0.319 e. The van der Waals surface area contributed by atoms with E-state index in [4.69, 9.17) is 32.7 Å². The highest BCUT2D eigenvalue weighted by Crippen LogP contribution is 2.20. The molecule has 0 fully saturated rings. The summed E-state index contributed by atoms with van der Waals surface area (Å²) in [5.41, 5.74) is 0.597. The first-order valence-corrected chi connectivity index (χ1v) is 7.87. The molecular formula is C17H14Cl2O6. The van der Waals surface area contributed by atoms with E-state index in [2.05, 4.69) is 0 Å².